The van der Waals surface area contributed by atoms with Crippen LogP contribution in [0.1, 0.15) is 12.6 Å². The number of rotatable bonds is 3. The van der Waals surface area contributed by atoms with Crippen molar-refractivity contribution in [3.05, 3.63) is 12.7 Å². The summed E-state index contributed by atoms with van der Waals surface area (Å²) in [5.41, 5.74) is 6.82. The van der Waals surface area contributed by atoms with E-state index < -0.39 is 6.10 Å². The van der Waals surface area contributed by atoms with E-state index in [0.29, 0.717) is 23.4 Å². The van der Waals surface area contributed by atoms with Gasteiger partial charge in [0, 0.05) is 6.42 Å². The van der Waals surface area contributed by atoms with Crippen LogP contribution in [0.2, 0.25) is 0 Å². The summed E-state index contributed by atoms with van der Waals surface area (Å²) in [6.07, 6.45) is 2.25. The monoisotopic (exact) mass is 266 g/mol. The van der Waals surface area contributed by atoms with Crippen molar-refractivity contribution in [1.82, 2.24) is 19.5 Å². The summed E-state index contributed by atoms with van der Waals surface area (Å²) in [6.45, 7) is -0.165. The van der Waals surface area contributed by atoms with Gasteiger partial charge >= 0.3 is 0 Å². The molecule has 9 heteroatoms. The number of imidazole rings is 1. The van der Waals surface area contributed by atoms with Gasteiger partial charge in [0.1, 0.15) is 30.3 Å². The number of anilines is 1. The summed E-state index contributed by atoms with van der Waals surface area (Å²) in [5, 5.41) is 9.21. The van der Waals surface area contributed by atoms with Gasteiger partial charge in [-0.1, -0.05) is 0 Å². The third kappa shape index (κ3) is 1.92. The van der Waals surface area contributed by atoms with E-state index in [1.807, 2.05) is 0 Å². The summed E-state index contributed by atoms with van der Waals surface area (Å²) in [6, 6.07) is 0. The Hall–Kier alpha value is -1.81. The maximum Gasteiger partial charge on any atom is 0.167 e. The minimum Gasteiger partial charge on any atom is -0.394 e. The molecular formula is C10H14N6O3. The number of hydrogen-bond acceptors (Lipinski definition) is 8. The van der Waals surface area contributed by atoms with Crippen LogP contribution in [-0.2, 0) is 9.57 Å². The highest BCUT2D eigenvalue weighted by Crippen LogP contribution is 2.32. The molecule has 0 aliphatic carbocycles. The molecule has 102 valence electrons. The van der Waals surface area contributed by atoms with Crippen molar-refractivity contribution in [2.45, 2.75) is 24.9 Å². The van der Waals surface area contributed by atoms with Crippen LogP contribution in [0.3, 0.4) is 0 Å². The molecule has 0 radical (unpaired) electrons. The van der Waals surface area contributed by atoms with Gasteiger partial charge in [0.15, 0.2) is 11.5 Å². The highest BCUT2D eigenvalue weighted by atomic mass is 16.7. The van der Waals surface area contributed by atoms with Gasteiger partial charge in [-0.3, -0.25) is 9.40 Å². The first-order chi connectivity index (χ1) is 9.24. The molecule has 1 fully saturated rings. The minimum atomic E-state index is -0.466. The number of aromatic nitrogens is 4. The number of nitrogens with two attached hydrogens (primary N) is 2. The van der Waals surface area contributed by atoms with E-state index in [4.69, 9.17) is 21.2 Å². The summed E-state index contributed by atoms with van der Waals surface area (Å²) in [7, 11) is 0. The van der Waals surface area contributed by atoms with Gasteiger partial charge in [-0.2, -0.15) is 0 Å². The Labute approximate surface area is 108 Å². The van der Waals surface area contributed by atoms with Crippen LogP contribution in [0.15, 0.2) is 12.7 Å². The molecule has 9 nitrogen and oxygen atoms in total. The predicted octanol–water partition coefficient (Wildman–Crippen LogP) is -1.05. The number of ether oxygens (including phenoxy) is 1. The first-order valence-electron chi connectivity index (χ1n) is 5.79. The van der Waals surface area contributed by atoms with Gasteiger partial charge in [-0.25, -0.2) is 20.8 Å². The van der Waals surface area contributed by atoms with Crippen molar-refractivity contribution in [3.63, 3.8) is 0 Å². The highest BCUT2D eigenvalue weighted by molar-refractivity contribution is 5.81. The summed E-state index contributed by atoms with van der Waals surface area (Å²) in [4.78, 5) is 17.0. The zero-order valence-corrected chi connectivity index (χ0v) is 10.0. The third-order valence-electron chi connectivity index (χ3n) is 3.23. The highest BCUT2D eigenvalue weighted by Gasteiger charge is 2.37. The Morgan fingerprint density at radius 2 is 2.32 bits per heavy atom. The minimum absolute atomic E-state index is 0.165. The van der Waals surface area contributed by atoms with E-state index in [1.165, 1.54) is 6.33 Å². The number of aliphatic hydroxyl groups is 1. The van der Waals surface area contributed by atoms with E-state index in [0.717, 1.165) is 0 Å². The first kappa shape index (κ1) is 12.2. The molecule has 2 aromatic rings. The second-order valence-corrected chi connectivity index (χ2v) is 4.30. The fourth-order valence-corrected chi connectivity index (χ4v) is 2.26. The van der Waals surface area contributed by atoms with E-state index in [1.54, 1.807) is 10.9 Å². The molecule has 2 aromatic heterocycles. The van der Waals surface area contributed by atoms with E-state index >= 15 is 0 Å². The first-order valence-corrected chi connectivity index (χ1v) is 5.79. The molecule has 3 heterocycles. The standard InChI is InChI=1S/C10H14N6O3/c11-9-8-10(14-3-13-9)16(4-15-8)7-1-5(19-12)6(2-17)18-7/h3-7,17H,1-2,12H2,(H2,11,13,14)/t5-,6+,7-/m0/s1. The molecule has 5 N–H and O–H groups in total. The Kier molecular flexibility index (Phi) is 3.03. The van der Waals surface area contributed by atoms with Crippen LogP contribution in [0.4, 0.5) is 5.82 Å². The second kappa shape index (κ2) is 4.70. The van der Waals surface area contributed by atoms with Gasteiger partial charge in [-0.05, 0) is 0 Å². The van der Waals surface area contributed by atoms with E-state index in [-0.39, 0.29) is 18.9 Å². The smallest absolute Gasteiger partial charge is 0.167 e. The molecule has 0 aromatic carbocycles. The van der Waals surface area contributed by atoms with Crippen molar-refractivity contribution in [2.75, 3.05) is 12.3 Å². The van der Waals surface area contributed by atoms with Crippen LogP contribution in [0, 0.1) is 0 Å². The Morgan fingerprint density at radius 3 is 3.00 bits per heavy atom. The van der Waals surface area contributed by atoms with Crippen molar-refractivity contribution in [1.29, 1.82) is 0 Å². The van der Waals surface area contributed by atoms with Gasteiger partial charge < -0.3 is 15.6 Å². The fourth-order valence-electron chi connectivity index (χ4n) is 2.26. The zero-order chi connectivity index (χ0) is 13.4. The van der Waals surface area contributed by atoms with Crippen LogP contribution in [0.25, 0.3) is 11.2 Å². The van der Waals surface area contributed by atoms with Crippen molar-refractivity contribution in [2.24, 2.45) is 5.90 Å². The molecular weight excluding hydrogens is 252 g/mol. The lowest BCUT2D eigenvalue weighted by Crippen LogP contribution is -2.29. The van der Waals surface area contributed by atoms with Crippen LogP contribution in [0.5, 0.6) is 0 Å². The largest absolute Gasteiger partial charge is 0.394 e. The molecule has 19 heavy (non-hydrogen) atoms. The lowest BCUT2D eigenvalue weighted by molar-refractivity contribution is -0.0612. The number of nitrogens with zero attached hydrogens (tertiary/aromatic N) is 4. The topological polar surface area (TPSA) is 134 Å². The number of fused-ring (bicyclic) bond motifs is 1. The Balaban J connectivity index is 1.95. The molecule has 3 atom stereocenters. The number of nitrogen functional groups attached to an aromatic ring is 1. The average Bonchev–Trinajstić information content (AvgIpc) is 3.02. The van der Waals surface area contributed by atoms with Gasteiger partial charge in [-0.15, -0.1) is 0 Å². The SMILES string of the molecule is NO[C@H]1C[C@@H](n2cnc3c(N)ncnc32)O[C@@H]1CO. The average molecular weight is 266 g/mol. The third-order valence-corrected chi connectivity index (χ3v) is 3.23. The van der Waals surface area contributed by atoms with Crippen LogP contribution < -0.4 is 11.6 Å². The Morgan fingerprint density at radius 1 is 1.47 bits per heavy atom. The van der Waals surface area contributed by atoms with Crippen LogP contribution in [-0.4, -0.2) is 43.4 Å². The molecule has 1 aliphatic heterocycles. The maximum absolute atomic E-state index is 9.21. The van der Waals surface area contributed by atoms with Gasteiger partial charge in [0.25, 0.3) is 0 Å². The molecule has 0 saturated carbocycles. The molecule has 1 aliphatic rings. The lowest BCUT2D eigenvalue weighted by atomic mass is 10.2. The molecule has 1 saturated heterocycles. The Bertz CT molecular complexity index is 576. The molecule has 0 unspecified atom stereocenters. The normalized spacial score (nSPS) is 27.2. The summed E-state index contributed by atoms with van der Waals surface area (Å²) in [5.74, 6) is 5.50. The van der Waals surface area contributed by atoms with E-state index in [9.17, 15) is 5.11 Å². The summed E-state index contributed by atoms with van der Waals surface area (Å²) < 4.78 is 7.40. The van der Waals surface area contributed by atoms with Crippen molar-refractivity contribution >= 4 is 17.0 Å². The molecule has 3 rings (SSSR count). The zero-order valence-electron chi connectivity index (χ0n) is 10.0. The molecule has 0 bridgehead atoms. The lowest BCUT2D eigenvalue weighted by Gasteiger charge is -2.13. The van der Waals surface area contributed by atoms with Gasteiger partial charge in [0.05, 0.1) is 12.9 Å². The van der Waals surface area contributed by atoms with Crippen molar-refractivity contribution in [3.8, 4) is 0 Å². The van der Waals surface area contributed by atoms with Crippen molar-refractivity contribution < 1.29 is 14.7 Å². The maximum atomic E-state index is 9.21. The van der Waals surface area contributed by atoms with Gasteiger partial charge in [0.2, 0.25) is 0 Å². The predicted molar refractivity (Wildman–Crippen MR) is 64.4 cm³/mol. The number of hydrogen-bond donors (Lipinski definition) is 3. The number of aliphatic hydroxyl groups excluding tert-OH is 1. The van der Waals surface area contributed by atoms with E-state index in [2.05, 4.69) is 15.0 Å². The second-order valence-electron chi connectivity index (χ2n) is 4.30. The molecule has 0 spiro atoms. The summed E-state index contributed by atoms with van der Waals surface area (Å²) >= 11 is 0. The quantitative estimate of drug-likeness (QED) is 0.599. The van der Waals surface area contributed by atoms with Crippen LogP contribution >= 0.6 is 0 Å². The fraction of sp³-hybridized carbons (Fsp3) is 0.500. The molecule has 0 amide bonds.